The molecule has 0 aliphatic rings. The largest absolute Gasteiger partial charge is 0.334 e. The molecule has 25 heavy (non-hydrogen) atoms. The van der Waals surface area contributed by atoms with Crippen molar-refractivity contribution in [1.82, 2.24) is 28.9 Å². The zero-order valence-electron chi connectivity index (χ0n) is 14.4. The first-order chi connectivity index (χ1) is 12.1. The van der Waals surface area contributed by atoms with Crippen molar-refractivity contribution in [2.45, 2.75) is 13.8 Å². The Bertz CT molecular complexity index is 1070. The van der Waals surface area contributed by atoms with E-state index in [-0.39, 0.29) is 0 Å². The average Bonchev–Trinajstić information content (AvgIpc) is 3.17. The van der Waals surface area contributed by atoms with Gasteiger partial charge >= 0.3 is 0 Å². The van der Waals surface area contributed by atoms with Crippen LogP contribution in [0.4, 0.5) is 0 Å². The highest BCUT2D eigenvalue weighted by Crippen LogP contribution is 2.17. The number of hydrogen-bond acceptors (Lipinski definition) is 4. The third kappa shape index (κ3) is 2.94. The van der Waals surface area contributed by atoms with E-state index in [0.717, 1.165) is 34.3 Å². The van der Waals surface area contributed by atoms with Crippen LogP contribution in [-0.2, 0) is 7.05 Å². The van der Waals surface area contributed by atoms with Gasteiger partial charge in [0.15, 0.2) is 0 Å². The zero-order valence-corrected chi connectivity index (χ0v) is 14.4. The number of rotatable bonds is 3. The number of pyridine rings is 1. The summed E-state index contributed by atoms with van der Waals surface area (Å²) in [7, 11) is 1.97. The van der Waals surface area contributed by atoms with Crippen LogP contribution < -0.4 is 0 Å². The average molecular weight is 330 g/mol. The molecule has 0 bridgehead atoms. The van der Waals surface area contributed by atoms with Gasteiger partial charge in [-0.3, -0.25) is 9.38 Å². The molecular formula is C19H18N6. The first-order valence-electron chi connectivity index (χ1n) is 8.06. The molecule has 0 aromatic carbocycles. The predicted molar refractivity (Wildman–Crippen MR) is 97.8 cm³/mol. The van der Waals surface area contributed by atoms with Crippen LogP contribution in [0.25, 0.3) is 29.3 Å². The van der Waals surface area contributed by atoms with Crippen LogP contribution in [0, 0.1) is 13.8 Å². The number of fused-ring (bicyclic) bond motifs is 1. The van der Waals surface area contributed by atoms with Crippen molar-refractivity contribution in [2.75, 3.05) is 0 Å². The van der Waals surface area contributed by atoms with E-state index in [4.69, 9.17) is 0 Å². The lowest BCUT2D eigenvalue weighted by Gasteiger charge is -1.98. The van der Waals surface area contributed by atoms with Crippen LogP contribution in [0.3, 0.4) is 0 Å². The van der Waals surface area contributed by atoms with Crippen molar-refractivity contribution in [1.29, 1.82) is 0 Å². The maximum Gasteiger partial charge on any atom is 0.234 e. The lowest BCUT2D eigenvalue weighted by Crippen LogP contribution is -1.94. The Hall–Kier alpha value is -3.28. The number of aryl methyl sites for hydroxylation is 3. The van der Waals surface area contributed by atoms with Crippen molar-refractivity contribution in [3.8, 4) is 11.4 Å². The van der Waals surface area contributed by atoms with E-state index in [2.05, 4.69) is 26.9 Å². The molecule has 0 radical (unpaired) electrons. The van der Waals surface area contributed by atoms with Crippen molar-refractivity contribution in [2.24, 2.45) is 7.05 Å². The van der Waals surface area contributed by atoms with Gasteiger partial charge in [-0.05, 0) is 44.2 Å². The highest BCUT2D eigenvalue weighted by molar-refractivity contribution is 5.67. The minimum atomic E-state index is 0.714. The molecule has 0 amide bonds. The Morgan fingerprint density at radius 2 is 1.84 bits per heavy atom. The maximum absolute atomic E-state index is 4.64. The number of nitrogens with zero attached hydrogens (tertiary/aromatic N) is 6. The van der Waals surface area contributed by atoms with Crippen molar-refractivity contribution >= 4 is 17.9 Å². The Morgan fingerprint density at radius 3 is 2.64 bits per heavy atom. The van der Waals surface area contributed by atoms with Crippen molar-refractivity contribution in [3.05, 3.63) is 65.8 Å². The van der Waals surface area contributed by atoms with Gasteiger partial charge in [-0.15, -0.1) is 0 Å². The molecule has 0 fully saturated rings. The van der Waals surface area contributed by atoms with Gasteiger partial charge < -0.3 is 4.57 Å². The van der Waals surface area contributed by atoms with Crippen LogP contribution in [0.15, 0.2) is 42.9 Å². The normalized spacial score (nSPS) is 11.6. The van der Waals surface area contributed by atoms with Crippen LogP contribution in [-0.4, -0.2) is 28.9 Å². The standard InChI is InChI=1S/C19H18N6/c1-13-10-14(2)25-11-15(22-19(25)21-13)7-8-18-23-17(12-24(18)3)16-6-4-5-9-20-16/h4-12H,1-3H3/b8-7+. The summed E-state index contributed by atoms with van der Waals surface area (Å²) in [6.45, 7) is 4.03. The van der Waals surface area contributed by atoms with Crippen molar-refractivity contribution < 1.29 is 0 Å². The van der Waals surface area contributed by atoms with Gasteiger partial charge in [-0.25, -0.2) is 15.0 Å². The van der Waals surface area contributed by atoms with E-state index in [1.807, 2.05) is 71.8 Å². The molecule has 0 aliphatic carbocycles. The fourth-order valence-electron chi connectivity index (χ4n) is 2.80. The van der Waals surface area contributed by atoms with E-state index in [9.17, 15) is 0 Å². The second-order valence-electron chi connectivity index (χ2n) is 6.02. The molecule has 0 atom stereocenters. The number of imidazole rings is 2. The first kappa shape index (κ1) is 15.3. The molecule has 0 spiro atoms. The molecule has 6 nitrogen and oxygen atoms in total. The topological polar surface area (TPSA) is 60.9 Å². The second-order valence-corrected chi connectivity index (χ2v) is 6.02. The van der Waals surface area contributed by atoms with E-state index in [0.29, 0.717) is 5.78 Å². The van der Waals surface area contributed by atoms with E-state index in [1.54, 1.807) is 6.20 Å². The third-order valence-electron chi connectivity index (χ3n) is 4.02. The first-order valence-corrected chi connectivity index (χ1v) is 8.06. The Labute approximate surface area is 145 Å². The van der Waals surface area contributed by atoms with Gasteiger partial charge in [0.2, 0.25) is 5.78 Å². The molecule has 0 saturated carbocycles. The molecule has 4 heterocycles. The number of aromatic nitrogens is 6. The van der Waals surface area contributed by atoms with Crippen LogP contribution in [0.5, 0.6) is 0 Å². The maximum atomic E-state index is 4.64. The van der Waals surface area contributed by atoms with Gasteiger partial charge in [0.05, 0.1) is 11.4 Å². The predicted octanol–water partition coefficient (Wildman–Crippen LogP) is 3.31. The third-order valence-corrected chi connectivity index (χ3v) is 4.02. The van der Waals surface area contributed by atoms with Gasteiger partial charge in [-0.1, -0.05) is 6.07 Å². The molecule has 124 valence electrons. The summed E-state index contributed by atoms with van der Waals surface area (Å²) in [5.74, 6) is 1.56. The molecule has 4 rings (SSSR count). The molecule has 0 aliphatic heterocycles. The van der Waals surface area contributed by atoms with Gasteiger partial charge in [0.1, 0.15) is 11.5 Å². The Balaban J connectivity index is 1.66. The van der Waals surface area contributed by atoms with Crippen LogP contribution in [0.2, 0.25) is 0 Å². The molecule has 0 N–H and O–H groups in total. The van der Waals surface area contributed by atoms with Crippen LogP contribution >= 0.6 is 0 Å². The lowest BCUT2D eigenvalue weighted by molar-refractivity contribution is 0.898. The van der Waals surface area contributed by atoms with Gasteiger partial charge in [0.25, 0.3) is 0 Å². The summed E-state index contributed by atoms with van der Waals surface area (Å²) in [6.07, 6.45) is 9.63. The second kappa shape index (κ2) is 5.98. The Morgan fingerprint density at radius 1 is 0.960 bits per heavy atom. The fraction of sp³-hybridized carbons (Fsp3) is 0.158. The molecule has 4 aromatic rings. The summed E-state index contributed by atoms with van der Waals surface area (Å²) in [5.41, 5.74) is 4.65. The van der Waals surface area contributed by atoms with Crippen molar-refractivity contribution in [3.63, 3.8) is 0 Å². The minimum Gasteiger partial charge on any atom is -0.334 e. The minimum absolute atomic E-state index is 0.714. The SMILES string of the molecule is Cc1cc(C)n2cc(/C=C/c3nc(-c4ccccn4)cn3C)nc2n1. The summed E-state index contributed by atoms with van der Waals surface area (Å²) >= 11 is 0. The van der Waals surface area contributed by atoms with E-state index >= 15 is 0 Å². The van der Waals surface area contributed by atoms with E-state index in [1.165, 1.54) is 0 Å². The summed E-state index contributed by atoms with van der Waals surface area (Å²) in [5, 5.41) is 0. The molecule has 0 unspecified atom stereocenters. The monoisotopic (exact) mass is 330 g/mol. The summed E-state index contributed by atoms with van der Waals surface area (Å²) in [4.78, 5) is 18.0. The van der Waals surface area contributed by atoms with E-state index < -0.39 is 0 Å². The molecule has 4 aromatic heterocycles. The quantitative estimate of drug-likeness (QED) is 0.578. The fourth-order valence-corrected chi connectivity index (χ4v) is 2.80. The van der Waals surface area contributed by atoms with Gasteiger partial charge in [0, 0.05) is 37.0 Å². The Kier molecular flexibility index (Phi) is 3.65. The highest BCUT2D eigenvalue weighted by atomic mass is 15.1. The lowest BCUT2D eigenvalue weighted by atomic mass is 10.3. The van der Waals surface area contributed by atoms with Gasteiger partial charge in [-0.2, -0.15) is 0 Å². The smallest absolute Gasteiger partial charge is 0.234 e. The molecule has 6 heteroatoms. The van der Waals surface area contributed by atoms with Crippen LogP contribution in [0.1, 0.15) is 22.9 Å². The highest BCUT2D eigenvalue weighted by Gasteiger charge is 2.07. The molecular weight excluding hydrogens is 312 g/mol. The summed E-state index contributed by atoms with van der Waals surface area (Å²) in [6, 6.07) is 7.85. The molecule has 0 saturated heterocycles. The summed E-state index contributed by atoms with van der Waals surface area (Å²) < 4.78 is 3.97. The zero-order chi connectivity index (χ0) is 17.4. The number of hydrogen-bond donors (Lipinski definition) is 0.